The average Bonchev–Trinajstić information content (AvgIpc) is 3.55. The molecule has 3 aromatic rings. The van der Waals surface area contributed by atoms with Crippen LogP contribution in [0.4, 0.5) is 18.9 Å². The number of piperazine rings is 1. The van der Waals surface area contributed by atoms with Crippen molar-refractivity contribution in [2.75, 3.05) is 65.5 Å². The van der Waals surface area contributed by atoms with E-state index in [1.807, 2.05) is 53.4 Å². The number of amides is 1. The third kappa shape index (κ3) is 8.27. The Morgan fingerprint density at radius 1 is 0.809 bits per heavy atom. The van der Waals surface area contributed by atoms with E-state index in [-0.39, 0.29) is 29.8 Å². The first-order valence-corrected chi connectivity index (χ1v) is 16.0. The monoisotopic (exact) mass is 679 g/mol. The van der Waals surface area contributed by atoms with Crippen molar-refractivity contribution in [1.82, 2.24) is 9.21 Å². The van der Waals surface area contributed by atoms with Gasteiger partial charge in [0.15, 0.2) is 0 Å². The Morgan fingerprint density at radius 3 is 1.91 bits per heavy atom. The number of alkyl halides is 3. The number of halogens is 3. The zero-order valence-electron chi connectivity index (χ0n) is 26.0. The van der Waals surface area contributed by atoms with Crippen LogP contribution < -0.4 is 19.1 Å². The summed E-state index contributed by atoms with van der Waals surface area (Å²) in [5.41, 5.74) is 1.89. The number of carbonyl (C=O) groups is 2. The van der Waals surface area contributed by atoms with Gasteiger partial charge in [0.2, 0.25) is 15.9 Å². The molecule has 2 aliphatic rings. The minimum atomic E-state index is -5.08. The van der Waals surface area contributed by atoms with Crippen molar-refractivity contribution in [3.05, 3.63) is 78.4 Å². The van der Waals surface area contributed by atoms with Crippen LogP contribution in [0.25, 0.3) is 0 Å². The van der Waals surface area contributed by atoms with Crippen LogP contribution in [0.2, 0.25) is 0 Å². The number of carboxylic acids is 1. The summed E-state index contributed by atoms with van der Waals surface area (Å²) in [5.74, 6) is -1.41. The van der Waals surface area contributed by atoms with Gasteiger partial charge in [0.25, 0.3) is 0 Å². The first kappa shape index (κ1) is 35.4. The zero-order valence-corrected chi connectivity index (χ0v) is 26.8. The highest BCUT2D eigenvalue weighted by atomic mass is 32.2. The van der Waals surface area contributed by atoms with Gasteiger partial charge in [0, 0.05) is 51.3 Å². The summed E-state index contributed by atoms with van der Waals surface area (Å²) in [4.78, 5) is 27.1. The number of methoxy groups -OCH3 is 3. The van der Waals surface area contributed by atoms with Gasteiger partial charge >= 0.3 is 12.1 Å². The SMILES string of the molecule is COc1ccc(S(=O)(=O)N2C[C@@H](C(=O)N3CCN(c4cc(OC)ccc4OC)CC3)[C@H](c3ccccc3)C2)cc1.O=C(O)C(F)(F)F. The van der Waals surface area contributed by atoms with E-state index in [1.54, 1.807) is 38.5 Å². The Labute approximate surface area is 271 Å². The van der Waals surface area contributed by atoms with E-state index < -0.39 is 28.1 Å². The minimum absolute atomic E-state index is 0.0152. The van der Waals surface area contributed by atoms with Gasteiger partial charge in [0.1, 0.15) is 17.2 Å². The maximum absolute atomic E-state index is 14.0. The van der Waals surface area contributed by atoms with Gasteiger partial charge in [0.05, 0.1) is 37.8 Å². The molecule has 0 aliphatic carbocycles. The summed E-state index contributed by atoms with van der Waals surface area (Å²) in [6.07, 6.45) is -5.08. The lowest BCUT2D eigenvalue weighted by Gasteiger charge is -2.38. The van der Waals surface area contributed by atoms with E-state index in [9.17, 15) is 26.4 Å². The normalized spacial score (nSPS) is 18.6. The lowest BCUT2D eigenvalue weighted by atomic mass is 9.88. The number of benzene rings is 3. The van der Waals surface area contributed by atoms with E-state index in [2.05, 4.69) is 4.90 Å². The molecule has 254 valence electrons. The fourth-order valence-electron chi connectivity index (χ4n) is 5.60. The van der Waals surface area contributed by atoms with Crippen molar-refractivity contribution in [2.24, 2.45) is 5.92 Å². The number of hydrogen-bond donors (Lipinski definition) is 1. The molecule has 0 aromatic heterocycles. The molecule has 2 aliphatic heterocycles. The lowest BCUT2D eigenvalue weighted by Crippen LogP contribution is -2.51. The molecule has 47 heavy (non-hydrogen) atoms. The third-order valence-corrected chi connectivity index (χ3v) is 9.93. The number of hydrogen-bond acceptors (Lipinski definition) is 8. The maximum Gasteiger partial charge on any atom is 0.490 e. The number of carbonyl (C=O) groups excluding carboxylic acids is 1. The average molecular weight is 680 g/mol. The van der Waals surface area contributed by atoms with Crippen molar-refractivity contribution in [1.29, 1.82) is 0 Å². The third-order valence-electron chi connectivity index (χ3n) is 8.09. The Bertz CT molecular complexity index is 1630. The number of aliphatic carboxylic acids is 1. The summed E-state index contributed by atoms with van der Waals surface area (Å²) in [5, 5.41) is 7.12. The molecule has 0 bridgehead atoms. The van der Waals surface area contributed by atoms with Crippen LogP contribution in [0.15, 0.2) is 77.7 Å². The number of ether oxygens (including phenoxy) is 3. The van der Waals surface area contributed by atoms with Crippen LogP contribution in [0.3, 0.4) is 0 Å². The molecule has 0 spiro atoms. The standard InChI is InChI=1S/C30H35N3O6S.C2HF3O2/c1-37-23-9-12-25(13-10-23)40(35,36)33-20-26(22-7-5-4-6-8-22)27(21-33)30(34)32-17-15-31(16-18-32)28-19-24(38-2)11-14-29(28)39-3;3-2(4,5)1(6)7/h4-14,19,26-27H,15-18,20-21H2,1-3H3;(H,6,7)/t26-,27+;/m0./s1. The number of nitrogens with zero attached hydrogens (tertiary/aromatic N) is 3. The van der Waals surface area contributed by atoms with E-state index in [4.69, 9.17) is 24.1 Å². The molecule has 2 saturated heterocycles. The number of anilines is 1. The quantitative estimate of drug-likeness (QED) is 0.375. The Morgan fingerprint density at radius 2 is 1.38 bits per heavy atom. The van der Waals surface area contributed by atoms with E-state index in [0.29, 0.717) is 31.9 Å². The van der Waals surface area contributed by atoms with Crippen molar-refractivity contribution in [2.45, 2.75) is 17.0 Å². The molecule has 0 unspecified atom stereocenters. The Hall–Kier alpha value is -4.50. The highest BCUT2D eigenvalue weighted by Gasteiger charge is 2.45. The molecule has 1 amide bonds. The smallest absolute Gasteiger partial charge is 0.490 e. The van der Waals surface area contributed by atoms with Gasteiger partial charge < -0.3 is 29.1 Å². The molecule has 5 rings (SSSR count). The fraction of sp³-hybridized carbons (Fsp3) is 0.375. The van der Waals surface area contributed by atoms with Crippen LogP contribution in [0.1, 0.15) is 11.5 Å². The van der Waals surface area contributed by atoms with Crippen molar-refractivity contribution < 1.29 is 50.5 Å². The molecule has 2 heterocycles. The van der Waals surface area contributed by atoms with Gasteiger partial charge in [-0.15, -0.1) is 0 Å². The highest BCUT2D eigenvalue weighted by Crippen LogP contribution is 2.38. The summed E-state index contributed by atoms with van der Waals surface area (Å²) < 4.78 is 76.5. The molecule has 2 atom stereocenters. The van der Waals surface area contributed by atoms with E-state index in [1.165, 1.54) is 11.4 Å². The number of sulfonamides is 1. The van der Waals surface area contributed by atoms with Crippen molar-refractivity contribution in [3.63, 3.8) is 0 Å². The van der Waals surface area contributed by atoms with Crippen LogP contribution in [-0.4, -0.2) is 101 Å². The predicted octanol–water partition coefficient (Wildman–Crippen LogP) is 4.10. The highest BCUT2D eigenvalue weighted by molar-refractivity contribution is 7.89. The number of carboxylic acid groups (broad SMARTS) is 1. The molecular formula is C32H36F3N3O8S. The van der Waals surface area contributed by atoms with Gasteiger partial charge in [-0.1, -0.05) is 30.3 Å². The summed E-state index contributed by atoms with van der Waals surface area (Å²) >= 11 is 0. The van der Waals surface area contributed by atoms with Crippen LogP contribution >= 0.6 is 0 Å². The topological polar surface area (TPSA) is 126 Å². The molecule has 3 aromatic carbocycles. The minimum Gasteiger partial charge on any atom is -0.497 e. The first-order valence-electron chi connectivity index (χ1n) is 14.5. The largest absolute Gasteiger partial charge is 0.497 e. The molecule has 0 radical (unpaired) electrons. The molecule has 15 heteroatoms. The summed E-state index contributed by atoms with van der Waals surface area (Å²) in [7, 11) is 1.02. The maximum atomic E-state index is 14.0. The number of rotatable bonds is 8. The van der Waals surface area contributed by atoms with E-state index >= 15 is 0 Å². The van der Waals surface area contributed by atoms with Gasteiger partial charge in [-0.25, -0.2) is 13.2 Å². The summed E-state index contributed by atoms with van der Waals surface area (Å²) in [6.45, 7) is 2.70. The van der Waals surface area contributed by atoms with Crippen LogP contribution in [-0.2, 0) is 19.6 Å². The molecule has 1 N–H and O–H groups in total. The van der Waals surface area contributed by atoms with Gasteiger partial charge in [-0.05, 0) is 42.0 Å². The fourth-order valence-corrected chi connectivity index (χ4v) is 7.09. The molecule has 2 fully saturated rings. The first-order chi connectivity index (χ1) is 22.3. The van der Waals surface area contributed by atoms with Gasteiger partial charge in [-0.3, -0.25) is 4.79 Å². The lowest BCUT2D eigenvalue weighted by molar-refractivity contribution is -0.192. The molecule has 0 saturated carbocycles. The van der Waals surface area contributed by atoms with E-state index in [0.717, 1.165) is 22.7 Å². The Kier molecular flexibility index (Phi) is 11.2. The van der Waals surface area contributed by atoms with Crippen LogP contribution in [0.5, 0.6) is 17.2 Å². The van der Waals surface area contributed by atoms with Gasteiger partial charge in [-0.2, -0.15) is 17.5 Å². The Balaban J connectivity index is 0.000000644. The second-order valence-corrected chi connectivity index (χ2v) is 12.7. The van der Waals surface area contributed by atoms with Crippen molar-refractivity contribution >= 4 is 27.6 Å². The molecule has 11 nitrogen and oxygen atoms in total. The second kappa shape index (κ2) is 14.9. The van der Waals surface area contributed by atoms with Crippen LogP contribution in [0, 0.1) is 5.92 Å². The molecular weight excluding hydrogens is 643 g/mol. The second-order valence-electron chi connectivity index (χ2n) is 10.8. The van der Waals surface area contributed by atoms with Crippen molar-refractivity contribution in [3.8, 4) is 17.2 Å². The summed E-state index contributed by atoms with van der Waals surface area (Å²) in [6, 6.07) is 21.8. The predicted molar refractivity (Wildman–Crippen MR) is 166 cm³/mol. The zero-order chi connectivity index (χ0) is 34.4.